The van der Waals surface area contributed by atoms with Crippen LogP contribution in [0.4, 0.5) is 0 Å². The van der Waals surface area contributed by atoms with Crippen molar-refractivity contribution in [3.8, 4) is 28.7 Å². The first-order valence-electron chi connectivity index (χ1n) is 12.3. The molecule has 0 amide bonds. The Labute approximate surface area is 210 Å². The summed E-state index contributed by atoms with van der Waals surface area (Å²) < 4.78 is 14.8. The molecule has 4 heterocycles. The van der Waals surface area contributed by atoms with E-state index in [-0.39, 0.29) is 0 Å². The number of hydrogen-bond acceptors (Lipinski definition) is 4. The van der Waals surface area contributed by atoms with E-state index in [2.05, 4.69) is 59.2 Å². The standard InChI is InChI=1S/C32H17N3O2/c1-4-12-23-20(9-1)28-24(17-16-19-18-8-2-5-13-25(18)37-31(19)28)35(23)32-33-22-11-7-15-27-29(22)30(34-32)21-10-3-6-14-26(21)36-27/h1-17H. The Kier molecular flexibility index (Phi) is 3.47. The van der Waals surface area contributed by atoms with Crippen molar-refractivity contribution in [3.63, 3.8) is 0 Å². The fourth-order valence-electron chi connectivity index (χ4n) is 5.84. The van der Waals surface area contributed by atoms with Crippen LogP contribution in [0.1, 0.15) is 0 Å². The van der Waals surface area contributed by atoms with Gasteiger partial charge in [-0.2, -0.15) is 0 Å². The van der Waals surface area contributed by atoms with Gasteiger partial charge in [0.25, 0.3) is 0 Å². The van der Waals surface area contributed by atoms with Gasteiger partial charge in [0, 0.05) is 21.7 Å². The molecule has 8 aromatic rings. The zero-order valence-corrected chi connectivity index (χ0v) is 19.5. The second-order valence-corrected chi connectivity index (χ2v) is 9.41. The van der Waals surface area contributed by atoms with Crippen LogP contribution in [0.15, 0.2) is 108 Å². The van der Waals surface area contributed by atoms with Crippen molar-refractivity contribution in [1.29, 1.82) is 0 Å². The number of aromatic nitrogens is 3. The van der Waals surface area contributed by atoms with E-state index in [4.69, 9.17) is 19.1 Å². The second kappa shape index (κ2) is 6.74. The summed E-state index contributed by atoms with van der Waals surface area (Å²) in [6, 6.07) is 34.9. The fourth-order valence-corrected chi connectivity index (χ4v) is 5.84. The van der Waals surface area contributed by atoms with Crippen molar-refractivity contribution in [3.05, 3.63) is 103 Å². The van der Waals surface area contributed by atoms with Gasteiger partial charge in [0.15, 0.2) is 0 Å². The Morgan fingerprint density at radius 2 is 1.38 bits per heavy atom. The van der Waals surface area contributed by atoms with Crippen molar-refractivity contribution in [2.24, 2.45) is 0 Å². The number of fused-ring (bicyclic) bond motifs is 9. The van der Waals surface area contributed by atoms with Crippen molar-refractivity contribution < 1.29 is 9.15 Å². The molecule has 0 radical (unpaired) electrons. The van der Waals surface area contributed by atoms with E-state index < -0.39 is 0 Å². The lowest BCUT2D eigenvalue weighted by molar-refractivity contribution is 0.486. The van der Waals surface area contributed by atoms with Crippen LogP contribution in [-0.4, -0.2) is 14.5 Å². The summed E-state index contributed by atoms with van der Waals surface area (Å²) in [6.07, 6.45) is 0. The maximum Gasteiger partial charge on any atom is 0.235 e. The first kappa shape index (κ1) is 19.1. The third-order valence-electron chi connectivity index (χ3n) is 7.42. The van der Waals surface area contributed by atoms with E-state index >= 15 is 0 Å². The quantitative estimate of drug-likeness (QED) is 0.239. The molecule has 5 nitrogen and oxygen atoms in total. The largest absolute Gasteiger partial charge is 0.456 e. The van der Waals surface area contributed by atoms with Crippen molar-refractivity contribution >= 4 is 54.6 Å². The zero-order chi connectivity index (χ0) is 24.1. The molecule has 1 aliphatic heterocycles. The molecule has 0 saturated carbocycles. The van der Waals surface area contributed by atoms with Crippen molar-refractivity contribution in [2.75, 3.05) is 0 Å². The lowest BCUT2D eigenvalue weighted by atomic mass is 10.0. The van der Waals surface area contributed by atoms with Gasteiger partial charge in [0.2, 0.25) is 5.95 Å². The molecule has 5 aromatic carbocycles. The molecule has 0 fully saturated rings. The van der Waals surface area contributed by atoms with E-state index in [1.54, 1.807) is 0 Å². The first-order chi connectivity index (χ1) is 18.3. The van der Waals surface area contributed by atoms with Gasteiger partial charge in [-0.05, 0) is 48.5 Å². The number of furan rings is 1. The second-order valence-electron chi connectivity index (χ2n) is 9.41. The molecule has 37 heavy (non-hydrogen) atoms. The van der Waals surface area contributed by atoms with Crippen LogP contribution < -0.4 is 4.74 Å². The predicted octanol–water partition coefficient (Wildman–Crippen LogP) is 8.40. The third kappa shape index (κ3) is 2.43. The zero-order valence-electron chi connectivity index (χ0n) is 19.5. The maximum atomic E-state index is 6.44. The number of benzene rings is 5. The topological polar surface area (TPSA) is 53.1 Å². The van der Waals surface area contributed by atoms with E-state index in [9.17, 15) is 0 Å². The van der Waals surface area contributed by atoms with Gasteiger partial charge in [-0.1, -0.05) is 54.6 Å². The van der Waals surface area contributed by atoms with Crippen LogP contribution in [0, 0.1) is 0 Å². The Morgan fingerprint density at radius 3 is 2.35 bits per heavy atom. The van der Waals surface area contributed by atoms with E-state index in [0.717, 1.165) is 77.4 Å². The van der Waals surface area contributed by atoms with Crippen LogP contribution in [0.25, 0.3) is 71.9 Å². The highest BCUT2D eigenvalue weighted by atomic mass is 16.5. The summed E-state index contributed by atoms with van der Waals surface area (Å²) in [6.45, 7) is 0. The minimum absolute atomic E-state index is 0.623. The Bertz CT molecular complexity index is 2240. The van der Waals surface area contributed by atoms with Gasteiger partial charge in [0.1, 0.15) is 22.7 Å². The first-order valence-corrected chi connectivity index (χ1v) is 12.3. The van der Waals surface area contributed by atoms with Gasteiger partial charge in [-0.25, -0.2) is 9.97 Å². The Hall–Kier alpha value is -5.16. The normalized spacial score (nSPS) is 12.5. The summed E-state index contributed by atoms with van der Waals surface area (Å²) >= 11 is 0. The van der Waals surface area contributed by atoms with Gasteiger partial charge >= 0.3 is 0 Å². The smallest absolute Gasteiger partial charge is 0.235 e. The number of ether oxygens (including phenoxy) is 1. The monoisotopic (exact) mass is 475 g/mol. The average Bonchev–Trinajstić information content (AvgIpc) is 3.49. The minimum atomic E-state index is 0.623. The van der Waals surface area contributed by atoms with Gasteiger partial charge in [0.05, 0.1) is 33.0 Å². The molecule has 0 aliphatic carbocycles. The molecule has 0 bridgehead atoms. The fraction of sp³-hybridized carbons (Fsp3) is 0. The molecule has 0 spiro atoms. The molecule has 0 N–H and O–H groups in total. The van der Waals surface area contributed by atoms with Crippen molar-refractivity contribution in [1.82, 2.24) is 14.5 Å². The van der Waals surface area contributed by atoms with E-state index in [0.29, 0.717) is 5.95 Å². The lowest BCUT2D eigenvalue weighted by Crippen LogP contribution is -2.06. The maximum absolute atomic E-state index is 6.44. The number of rotatable bonds is 1. The molecule has 9 rings (SSSR count). The summed E-state index contributed by atoms with van der Waals surface area (Å²) in [5, 5.41) is 5.34. The highest BCUT2D eigenvalue weighted by Crippen LogP contribution is 2.46. The molecule has 3 aromatic heterocycles. The predicted molar refractivity (Wildman–Crippen MR) is 147 cm³/mol. The van der Waals surface area contributed by atoms with Crippen LogP contribution >= 0.6 is 0 Å². The third-order valence-corrected chi connectivity index (χ3v) is 7.42. The van der Waals surface area contributed by atoms with Crippen LogP contribution in [-0.2, 0) is 0 Å². The highest BCUT2D eigenvalue weighted by Gasteiger charge is 2.25. The summed E-state index contributed by atoms with van der Waals surface area (Å²) in [5.74, 6) is 2.21. The molecule has 5 heteroatoms. The molecule has 172 valence electrons. The van der Waals surface area contributed by atoms with Gasteiger partial charge in [-0.3, -0.25) is 4.57 Å². The van der Waals surface area contributed by atoms with Gasteiger partial charge in [-0.15, -0.1) is 0 Å². The number of nitrogens with zero attached hydrogens (tertiary/aromatic N) is 3. The van der Waals surface area contributed by atoms with Gasteiger partial charge < -0.3 is 9.15 Å². The van der Waals surface area contributed by atoms with Crippen molar-refractivity contribution in [2.45, 2.75) is 0 Å². The minimum Gasteiger partial charge on any atom is -0.456 e. The van der Waals surface area contributed by atoms with E-state index in [1.807, 2.05) is 48.5 Å². The molecule has 0 saturated heterocycles. The molecule has 0 unspecified atom stereocenters. The average molecular weight is 476 g/mol. The van der Waals surface area contributed by atoms with Crippen LogP contribution in [0.2, 0.25) is 0 Å². The number of para-hydroxylation sites is 3. The molecule has 0 atom stereocenters. The van der Waals surface area contributed by atoms with E-state index in [1.165, 1.54) is 0 Å². The van der Waals surface area contributed by atoms with Crippen LogP contribution in [0.5, 0.6) is 11.5 Å². The molecular formula is C32H17N3O2. The van der Waals surface area contributed by atoms with Crippen LogP contribution in [0.3, 0.4) is 0 Å². The SMILES string of the molecule is c1ccc2c(c1)Oc1cccc3nc(-n4c5ccccc5c5c6oc7ccccc7c6ccc54)nc-2c13. The Morgan fingerprint density at radius 1 is 0.568 bits per heavy atom. The Balaban J connectivity index is 1.44. The summed E-state index contributed by atoms with van der Waals surface area (Å²) in [7, 11) is 0. The summed E-state index contributed by atoms with van der Waals surface area (Å²) in [5.41, 5.74) is 6.52. The highest BCUT2D eigenvalue weighted by molar-refractivity contribution is 6.23. The number of hydrogen-bond donors (Lipinski definition) is 0. The molecule has 1 aliphatic rings. The lowest BCUT2D eigenvalue weighted by Gasteiger charge is -2.20. The summed E-state index contributed by atoms with van der Waals surface area (Å²) in [4.78, 5) is 10.2. The molecular weight excluding hydrogens is 458 g/mol.